The summed E-state index contributed by atoms with van der Waals surface area (Å²) in [5, 5.41) is 0. The molecule has 0 spiro atoms. The molecular weight excluding hydrogens is 110 g/mol. The Labute approximate surface area is 56.6 Å². The van der Waals surface area contributed by atoms with Gasteiger partial charge >= 0.3 is 0 Å². The van der Waals surface area contributed by atoms with Crippen molar-refractivity contribution in [3.05, 3.63) is 0 Å². The van der Waals surface area contributed by atoms with Crippen molar-refractivity contribution < 1.29 is 0 Å². The molecule has 9 heavy (non-hydrogen) atoms. The maximum absolute atomic E-state index is 5.23. The molecule has 1 heteroatoms. The Bertz CT molecular complexity index is 123. The summed E-state index contributed by atoms with van der Waals surface area (Å²) in [6, 6.07) is 0. The number of rotatable bonds is 0. The van der Waals surface area contributed by atoms with Crippen LogP contribution in [0.1, 0.15) is 25.7 Å². The predicted molar refractivity (Wildman–Crippen MR) is 38.8 cm³/mol. The van der Waals surface area contributed by atoms with E-state index in [4.69, 9.17) is 5.73 Å². The van der Waals surface area contributed by atoms with Gasteiger partial charge in [0.2, 0.25) is 0 Å². The lowest BCUT2D eigenvalue weighted by atomic mass is 10.1. The molecule has 50 valence electrons. The quantitative estimate of drug-likeness (QED) is 0.480. The van der Waals surface area contributed by atoms with Crippen molar-refractivity contribution in [3.8, 4) is 11.8 Å². The van der Waals surface area contributed by atoms with Gasteiger partial charge in [-0.25, -0.2) is 0 Å². The Morgan fingerprint density at radius 2 is 2.00 bits per heavy atom. The molecule has 0 aromatic rings. The Hall–Kier alpha value is -0.480. The fourth-order valence-corrected chi connectivity index (χ4v) is 1.27. The monoisotopic (exact) mass is 123 g/mol. The molecule has 1 aliphatic carbocycles. The Morgan fingerprint density at radius 3 is 2.56 bits per heavy atom. The fraction of sp³-hybridized carbons (Fsp3) is 0.750. The summed E-state index contributed by atoms with van der Waals surface area (Å²) in [6.45, 7) is 0.524. The average molecular weight is 123 g/mol. The number of hydrogen-bond donors (Lipinski definition) is 1. The minimum atomic E-state index is 0.524. The van der Waals surface area contributed by atoms with E-state index in [1.54, 1.807) is 0 Å². The molecule has 0 saturated heterocycles. The van der Waals surface area contributed by atoms with E-state index in [1.807, 2.05) is 0 Å². The molecular formula is C8H13N. The van der Waals surface area contributed by atoms with E-state index < -0.39 is 0 Å². The third-order valence-corrected chi connectivity index (χ3v) is 1.76. The molecule has 0 atom stereocenters. The van der Waals surface area contributed by atoms with Crippen LogP contribution in [0.3, 0.4) is 0 Å². The molecule has 1 nitrogen and oxygen atoms in total. The van der Waals surface area contributed by atoms with Crippen LogP contribution in [0.5, 0.6) is 0 Å². The smallest absolute Gasteiger partial charge is 0.0551 e. The van der Waals surface area contributed by atoms with Gasteiger partial charge in [0.1, 0.15) is 0 Å². The first-order chi connectivity index (χ1) is 4.43. The minimum Gasteiger partial charge on any atom is -0.320 e. The van der Waals surface area contributed by atoms with Gasteiger partial charge in [-0.3, -0.25) is 0 Å². The van der Waals surface area contributed by atoms with E-state index in [9.17, 15) is 0 Å². The Morgan fingerprint density at radius 1 is 1.33 bits per heavy atom. The molecule has 0 heterocycles. The minimum absolute atomic E-state index is 0.524. The van der Waals surface area contributed by atoms with Gasteiger partial charge in [0.15, 0.2) is 0 Å². The molecule has 1 aliphatic rings. The van der Waals surface area contributed by atoms with E-state index in [0.717, 1.165) is 0 Å². The van der Waals surface area contributed by atoms with E-state index in [2.05, 4.69) is 11.8 Å². The van der Waals surface area contributed by atoms with Crippen LogP contribution in [0.15, 0.2) is 0 Å². The summed E-state index contributed by atoms with van der Waals surface area (Å²) in [6.07, 6.45) is 5.33. The summed E-state index contributed by atoms with van der Waals surface area (Å²) in [5.74, 6) is 6.75. The third-order valence-electron chi connectivity index (χ3n) is 1.76. The summed E-state index contributed by atoms with van der Waals surface area (Å²) in [5.41, 5.74) is 5.23. The summed E-state index contributed by atoms with van der Waals surface area (Å²) >= 11 is 0. The van der Waals surface area contributed by atoms with Crippen molar-refractivity contribution in [1.29, 1.82) is 0 Å². The third kappa shape index (κ3) is 2.07. The van der Waals surface area contributed by atoms with Crippen LogP contribution in [0.2, 0.25) is 0 Å². The van der Waals surface area contributed by atoms with Gasteiger partial charge in [-0.1, -0.05) is 24.7 Å². The second kappa shape index (κ2) is 3.53. The first kappa shape index (κ1) is 6.64. The lowest BCUT2D eigenvalue weighted by Gasteiger charge is -1.93. The van der Waals surface area contributed by atoms with Gasteiger partial charge in [-0.2, -0.15) is 0 Å². The fourth-order valence-electron chi connectivity index (χ4n) is 1.27. The average Bonchev–Trinajstić information content (AvgIpc) is 2.34. The van der Waals surface area contributed by atoms with Crippen molar-refractivity contribution in [3.63, 3.8) is 0 Å². The van der Waals surface area contributed by atoms with Crippen LogP contribution in [-0.2, 0) is 0 Å². The molecule has 0 bridgehead atoms. The summed E-state index contributed by atoms with van der Waals surface area (Å²) in [7, 11) is 0. The van der Waals surface area contributed by atoms with Crippen molar-refractivity contribution in [1.82, 2.24) is 0 Å². The standard InChI is InChI=1S/C8H13N/c9-7-3-6-8-4-1-2-5-8/h8H,1-2,4-5,7,9H2. The highest BCUT2D eigenvalue weighted by Gasteiger charge is 2.10. The second-order valence-corrected chi connectivity index (χ2v) is 2.51. The SMILES string of the molecule is NCC#CC1CCCC1. The van der Waals surface area contributed by atoms with Gasteiger partial charge in [0.05, 0.1) is 6.54 Å². The van der Waals surface area contributed by atoms with E-state index in [1.165, 1.54) is 25.7 Å². The number of hydrogen-bond acceptors (Lipinski definition) is 1. The molecule has 1 saturated carbocycles. The van der Waals surface area contributed by atoms with Gasteiger partial charge in [0.25, 0.3) is 0 Å². The molecule has 2 N–H and O–H groups in total. The molecule has 0 radical (unpaired) electrons. The van der Waals surface area contributed by atoms with Gasteiger partial charge in [-0.15, -0.1) is 0 Å². The topological polar surface area (TPSA) is 26.0 Å². The lowest BCUT2D eigenvalue weighted by molar-refractivity contribution is 0.711. The maximum Gasteiger partial charge on any atom is 0.0551 e. The van der Waals surface area contributed by atoms with E-state index in [-0.39, 0.29) is 0 Å². The van der Waals surface area contributed by atoms with Crippen LogP contribution in [-0.4, -0.2) is 6.54 Å². The summed E-state index contributed by atoms with van der Waals surface area (Å²) in [4.78, 5) is 0. The predicted octanol–water partition coefficient (Wildman–Crippen LogP) is 1.14. The molecule has 0 aliphatic heterocycles. The largest absolute Gasteiger partial charge is 0.320 e. The van der Waals surface area contributed by atoms with Crippen LogP contribution in [0, 0.1) is 17.8 Å². The van der Waals surface area contributed by atoms with Crippen LogP contribution >= 0.6 is 0 Å². The molecule has 0 amide bonds. The highest BCUT2D eigenvalue weighted by atomic mass is 14.5. The van der Waals surface area contributed by atoms with Gasteiger partial charge < -0.3 is 5.73 Å². The molecule has 1 rings (SSSR count). The zero-order valence-corrected chi connectivity index (χ0v) is 5.69. The maximum atomic E-state index is 5.23. The van der Waals surface area contributed by atoms with Crippen molar-refractivity contribution >= 4 is 0 Å². The zero-order chi connectivity index (χ0) is 6.53. The van der Waals surface area contributed by atoms with Crippen LogP contribution in [0.4, 0.5) is 0 Å². The van der Waals surface area contributed by atoms with E-state index >= 15 is 0 Å². The highest BCUT2D eigenvalue weighted by Crippen LogP contribution is 2.23. The summed E-state index contributed by atoms with van der Waals surface area (Å²) < 4.78 is 0. The normalized spacial score (nSPS) is 19.2. The first-order valence-electron chi connectivity index (χ1n) is 3.62. The van der Waals surface area contributed by atoms with Crippen molar-refractivity contribution in [2.75, 3.05) is 6.54 Å². The zero-order valence-electron chi connectivity index (χ0n) is 5.69. The molecule has 0 aromatic carbocycles. The molecule has 0 unspecified atom stereocenters. The first-order valence-corrected chi connectivity index (χ1v) is 3.62. The Kier molecular flexibility index (Phi) is 2.60. The Balaban J connectivity index is 2.26. The van der Waals surface area contributed by atoms with E-state index in [0.29, 0.717) is 12.5 Å². The van der Waals surface area contributed by atoms with Gasteiger partial charge in [-0.05, 0) is 12.8 Å². The number of nitrogens with two attached hydrogens (primary N) is 1. The van der Waals surface area contributed by atoms with Crippen LogP contribution < -0.4 is 5.73 Å². The van der Waals surface area contributed by atoms with Crippen molar-refractivity contribution in [2.24, 2.45) is 11.7 Å². The lowest BCUT2D eigenvalue weighted by Crippen LogP contribution is -1.95. The van der Waals surface area contributed by atoms with Crippen LogP contribution in [0.25, 0.3) is 0 Å². The molecule has 1 fully saturated rings. The van der Waals surface area contributed by atoms with Crippen molar-refractivity contribution in [2.45, 2.75) is 25.7 Å². The van der Waals surface area contributed by atoms with Gasteiger partial charge in [0, 0.05) is 5.92 Å². The second-order valence-electron chi connectivity index (χ2n) is 2.51. The highest BCUT2D eigenvalue weighted by molar-refractivity contribution is 5.05. The molecule has 0 aromatic heterocycles.